The number of nitrogens with zero attached hydrogens (tertiary/aromatic N) is 3. The largest absolute Gasteiger partial charge is 0.359 e. The topological polar surface area (TPSA) is 67.4 Å². The molecule has 0 saturated carbocycles. The zero-order valence-electron chi connectivity index (χ0n) is 12.0. The molecule has 2 N–H and O–H groups in total. The molecule has 0 atom stereocenters. The predicted molar refractivity (Wildman–Crippen MR) is 78.5 cm³/mol. The van der Waals surface area contributed by atoms with Crippen LogP contribution in [0, 0.1) is 0 Å². The molecule has 2 aromatic rings. The van der Waals surface area contributed by atoms with Crippen LogP contribution in [0.5, 0.6) is 0 Å². The summed E-state index contributed by atoms with van der Waals surface area (Å²) >= 11 is 0. The first kappa shape index (κ1) is 14.2. The van der Waals surface area contributed by atoms with E-state index in [4.69, 9.17) is 4.52 Å². The molecule has 0 amide bonds. The van der Waals surface area contributed by atoms with Gasteiger partial charge in [-0.3, -0.25) is 4.99 Å². The van der Waals surface area contributed by atoms with Gasteiger partial charge in [-0.1, -0.05) is 12.1 Å². The van der Waals surface area contributed by atoms with E-state index in [2.05, 4.69) is 32.3 Å². The number of aryl methyl sites for hydroxylation is 1. The Balaban J connectivity index is 1.72. The minimum Gasteiger partial charge on any atom is -0.359 e. The maximum Gasteiger partial charge on any atom is 0.191 e. The molecule has 0 bridgehead atoms. The van der Waals surface area contributed by atoms with Crippen LogP contribution in [-0.2, 0) is 19.5 Å². The molecule has 6 nitrogen and oxygen atoms in total. The summed E-state index contributed by atoms with van der Waals surface area (Å²) in [7, 11) is 1.75. The van der Waals surface area contributed by atoms with E-state index in [0.29, 0.717) is 6.54 Å². The zero-order valence-corrected chi connectivity index (χ0v) is 12.0. The molecule has 0 unspecified atom stereocenters. The number of hydrogen-bond acceptors (Lipinski definition) is 3. The summed E-state index contributed by atoms with van der Waals surface area (Å²) in [6.07, 6.45) is 4.96. The smallest absolute Gasteiger partial charge is 0.191 e. The van der Waals surface area contributed by atoms with Gasteiger partial charge in [-0.2, -0.15) is 0 Å². The van der Waals surface area contributed by atoms with Gasteiger partial charge in [0.15, 0.2) is 11.7 Å². The van der Waals surface area contributed by atoms with Gasteiger partial charge in [0, 0.05) is 38.6 Å². The third-order valence-electron chi connectivity index (χ3n) is 2.95. The Kier molecular flexibility index (Phi) is 5.23. The molecule has 0 saturated heterocycles. The van der Waals surface area contributed by atoms with Crippen molar-refractivity contribution in [3.05, 3.63) is 42.0 Å². The van der Waals surface area contributed by atoms with Crippen molar-refractivity contribution in [2.75, 3.05) is 13.6 Å². The molecule has 108 valence electrons. The number of nitrogens with one attached hydrogen (secondary N) is 2. The van der Waals surface area contributed by atoms with Crippen molar-refractivity contribution < 1.29 is 4.52 Å². The Bertz CT molecular complexity index is 530. The van der Waals surface area contributed by atoms with Crippen LogP contribution in [0.15, 0.2) is 40.1 Å². The normalized spacial score (nSPS) is 11.6. The van der Waals surface area contributed by atoms with Crippen molar-refractivity contribution in [3.8, 4) is 0 Å². The Morgan fingerprint density at radius 1 is 1.35 bits per heavy atom. The van der Waals surface area contributed by atoms with Gasteiger partial charge in [0.05, 0.1) is 12.2 Å². The van der Waals surface area contributed by atoms with E-state index in [-0.39, 0.29) is 0 Å². The number of hydrogen-bond donors (Lipinski definition) is 2. The zero-order chi connectivity index (χ0) is 14.2. The minimum absolute atomic E-state index is 0.580. The summed E-state index contributed by atoms with van der Waals surface area (Å²) in [5.41, 5.74) is 0.970. The van der Waals surface area contributed by atoms with E-state index in [1.807, 2.05) is 30.6 Å². The molecule has 2 rings (SSSR count). The van der Waals surface area contributed by atoms with Crippen LogP contribution in [0.1, 0.15) is 18.4 Å². The molecule has 0 fully saturated rings. The van der Waals surface area contributed by atoms with Gasteiger partial charge in [0.25, 0.3) is 0 Å². The van der Waals surface area contributed by atoms with Crippen molar-refractivity contribution in [1.29, 1.82) is 0 Å². The van der Waals surface area contributed by atoms with Crippen molar-refractivity contribution in [1.82, 2.24) is 20.4 Å². The summed E-state index contributed by atoms with van der Waals surface area (Å²) in [4.78, 5) is 4.17. The highest BCUT2D eigenvalue weighted by Gasteiger charge is 2.03. The van der Waals surface area contributed by atoms with Gasteiger partial charge >= 0.3 is 0 Å². The molecule has 2 heterocycles. The Morgan fingerprint density at radius 3 is 2.80 bits per heavy atom. The van der Waals surface area contributed by atoms with Crippen molar-refractivity contribution in [2.45, 2.75) is 26.4 Å². The average Bonchev–Trinajstić information content (AvgIpc) is 3.13. The second-order valence-corrected chi connectivity index (χ2v) is 4.41. The fourth-order valence-corrected chi connectivity index (χ4v) is 1.82. The second-order valence-electron chi connectivity index (χ2n) is 4.41. The first-order valence-electron chi connectivity index (χ1n) is 6.81. The van der Waals surface area contributed by atoms with Gasteiger partial charge in [-0.25, -0.2) is 0 Å². The van der Waals surface area contributed by atoms with Gasteiger partial charge in [-0.15, -0.1) is 0 Å². The van der Waals surface area contributed by atoms with E-state index in [9.17, 15) is 0 Å². The maximum atomic E-state index is 5.21. The SMILES string of the molecule is CCc1cc(CNC(=NC)NCCn2cccc2)on1. The standard InChI is InChI=1S/C14H21N5O/c1-3-12-10-13(20-18-12)11-17-14(15-2)16-6-9-19-7-4-5-8-19/h4-5,7-8,10H,3,6,9,11H2,1-2H3,(H2,15,16,17). The first-order chi connectivity index (χ1) is 9.81. The molecule has 0 aliphatic carbocycles. The van der Waals surface area contributed by atoms with Crippen LogP contribution < -0.4 is 10.6 Å². The van der Waals surface area contributed by atoms with Crippen LogP contribution in [0.25, 0.3) is 0 Å². The summed E-state index contributed by atoms with van der Waals surface area (Å²) < 4.78 is 7.33. The van der Waals surface area contributed by atoms with Crippen molar-refractivity contribution in [2.24, 2.45) is 4.99 Å². The lowest BCUT2D eigenvalue weighted by Crippen LogP contribution is -2.38. The van der Waals surface area contributed by atoms with Crippen molar-refractivity contribution >= 4 is 5.96 Å². The molecule has 6 heteroatoms. The van der Waals surface area contributed by atoms with Crippen LogP contribution >= 0.6 is 0 Å². The van der Waals surface area contributed by atoms with Crippen molar-refractivity contribution in [3.63, 3.8) is 0 Å². The van der Waals surface area contributed by atoms with E-state index >= 15 is 0 Å². The Labute approximate surface area is 118 Å². The first-order valence-corrected chi connectivity index (χ1v) is 6.81. The van der Waals surface area contributed by atoms with Gasteiger partial charge < -0.3 is 19.7 Å². The average molecular weight is 275 g/mol. The molecule has 0 spiro atoms. The van der Waals surface area contributed by atoms with E-state index in [1.165, 1.54) is 0 Å². The van der Waals surface area contributed by atoms with Crippen LogP contribution in [-0.4, -0.2) is 29.3 Å². The number of guanidine groups is 1. The lowest BCUT2D eigenvalue weighted by Gasteiger charge is -2.11. The van der Waals surface area contributed by atoms with Crippen LogP contribution in [0.2, 0.25) is 0 Å². The highest BCUT2D eigenvalue weighted by molar-refractivity contribution is 5.79. The molecular weight excluding hydrogens is 254 g/mol. The number of aromatic nitrogens is 2. The second kappa shape index (κ2) is 7.37. The molecule has 0 aromatic carbocycles. The van der Waals surface area contributed by atoms with Gasteiger partial charge in [-0.05, 0) is 18.6 Å². The molecule has 0 aliphatic heterocycles. The quantitative estimate of drug-likeness (QED) is 0.618. The number of rotatable bonds is 6. The lowest BCUT2D eigenvalue weighted by molar-refractivity contribution is 0.374. The third kappa shape index (κ3) is 4.15. The predicted octanol–water partition coefficient (Wildman–Crippen LogP) is 1.40. The summed E-state index contributed by atoms with van der Waals surface area (Å²) in [6.45, 7) is 4.34. The van der Waals surface area contributed by atoms with Gasteiger partial charge in [0.1, 0.15) is 0 Å². The fourth-order valence-electron chi connectivity index (χ4n) is 1.82. The maximum absolute atomic E-state index is 5.21. The van der Waals surface area contributed by atoms with Crippen LogP contribution in [0.4, 0.5) is 0 Å². The lowest BCUT2D eigenvalue weighted by atomic mass is 10.3. The Morgan fingerprint density at radius 2 is 2.15 bits per heavy atom. The molecule has 0 radical (unpaired) electrons. The van der Waals surface area contributed by atoms with E-state index in [0.717, 1.165) is 36.9 Å². The van der Waals surface area contributed by atoms with E-state index in [1.54, 1.807) is 7.05 Å². The minimum atomic E-state index is 0.580. The third-order valence-corrected chi connectivity index (χ3v) is 2.95. The highest BCUT2D eigenvalue weighted by Crippen LogP contribution is 2.03. The molecule has 2 aromatic heterocycles. The molecule has 0 aliphatic rings. The fraction of sp³-hybridized carbons (Fsp3) is 0.429. The summed E-state index contributed by atoms with van der Waals surface area (Å²) in [5, 5.41) is 10.4. The summed E-state index contributed by atoms with van der Waals surface area (Å²) in [5.74, 6) is 1.57. The Hall–Kier alpha value is -2.24. The molecule has 20 heavy (non-hydrogen) atoms. The van der Waals surface area contributed by atoms with Gasteiger partial charge in [0.2, 0.25) is 0 Å². The monoisotopic (exact) mass is 275 g/mol. The van der Waals surface area contributed by atoms with Crippen LogP contribution in [0.3, 0.4) is 0 Å². The highest BCUT2D eigenvalue weighted by atomic mass is 16.5. The summed E-state index contributed by atoms with van der Waals surface area (Å²) in [6, 6.07) is 5.99. The van der Waals surface area contributed by atoms with E-state index < -0.39 is 0 Å². The molecular formula is C14H21N5O. The number of aliphatic imine (C=N–C) groups is 1.